The van der Waals surface area contributed by atoms with Crippen LogP contribution in [-0.2, 0) is 0 Å². The molecule has 30 heavy (non-hydrogen) atoms. The number of para-hydroxylation sites is 3. The first kappa shape index (κ1) is 17.0. The van der Waals surface area contributed by atoms with Gasteiger partial charge < -0.3 is 8.98 Å². The molecule has 3 heteroatoms. The molecule has 4 aromatic carbocycles. The number of benzene rings is 4. The summed E-state index contributed by atoms with van der Waals surface area (Å²) in [6.07, 6.45) is 0. The molecule has 6 aromatic rings. The van der Waals surface area contributed by atoms with Crippen molar-refractivity contribution in [3.8, 4) is 17.1 Å². The van der Waals surface area contributed by atoms with E-state index in [2.05, 4.69) is 84.1 Å². The van der Waals surface area contributed by atoms with Crippen molar-refractivity contribution >= 4 is 32.9 Å². The summed E-state index contributed by atoms with van der Waals surface area (Å²) in [6, 6.07) is 29.6. The highest BCUT2D eigenvalue weighted by molar-refractivity contribution is 6.10. The van der Waals surface area contributed by atoms with E-state index >= 15 is 0 Å². The molecule has 0 aliphatic rings. The molecular formula is C27H20N2O. The molecule has 0 spiro atoms. The minimum Gasteiger partial charge on any atom is -0.436 e. The summed E-state index contributed by atoms with van der Waals surface area (Å²) in [5, 5.41) is 2.43. The number of oxazole rings is 1. The van der Waals surface area contributed by atoms with Crippen LogP contribution in [-0.4, -0.2) is 9.55 Å². The standard InChI is InChI=1S/C27H20N2O/c1-17-13-18(2)15-20(14-17)29-24-9-5-3-7-21(24)22-16-19(11-12-25(22)29)27-28-23-8-4-6-10-26(23)30-27/h3-16H,1-2H3. The summed E-state index contributed by atoms with van der Waals surface area (Å²) in [5.74, 6) is 0.654. The monoisotopic (exact) mass is 388 g/mol. The second-order valence-electron chi connectivity index (χ2n) is 7.92. The van der Waals surface area contributed by atoms with Crippen LogP contribution < -0.4 is 0 Å². The molecule has 0 amide bonds. The largest absolute Gasteiger partial charge is 0.436 e. The fourth-order valence-electron chi connectivity index (χ4n) is 4.46. The van der Waals surface area contributed by atoms with Gasteiger partial charge in [0.15, 0.2) is 5.58 Å². The maximum absolute atomic E-state index is 6.02. The maximum Gasteiger partial charge on any atom is 0.227 e. The van der Waals surface area contributed by atoms with E-state index in [1.807, 2.05) is 24.3 Å². The van der Waals surface area contributed by atoms with Crippen molar-refractivity contribution in [3.63, 3.8) is 0 Å². The number of fused-ring (bicyclic) bond motifs is 4. The van der Waals surface area contributed by atoms with Crippen LogP contribution >= 0.6 is 0 Å². The van der Waals surface area contributed by atoms with E-state index in [9.17, 15) is 0 Å². The Morgan fingerprint density at radius 3 is 2.27 bits per heavy atom. The summed E-state index contributed by atoms with van der Waals surface area (Å²) in [7, 11) is 0. The Labute approximate surface area is 174 Å². The second-order valence-corrected chi connectivity index (χ2v) is 7.92. The molecule has 0 unspecified atom stereocenters. The van der Waals surface area contributed by atoms with Crippen LogP contribution in [0.2, 0.25) is 0 Å². The predicted octanol–water partition coefficient (Wildman–Crippen LogP) is 7.21. The molecule has 0 bridgehead atoms. The van der Waals surface area contributed by atoms with Crippen molar-refractivity contribution in [2.75, 3.05) is 0 Å². The van der Waals surface area contributed by atoms with Crippen molar-refractivity contribution in [1.29, 1.82) is 0 Å². The fourth-order valence-corrected chi connectivity index (χ4v) is 4.46. The third-order valence-corrected chi connectivity index (χ3v) is 5.68. The average Bonchev–Trinajstić information content (AvgIpc) is 3.32. The Morgan fingerprint density at radius 1 is 0.700 bits per heavy atom. The molecular weight excluding hydrogens is 368 g/mol. The van der Waals surface area contributed by atoms with E-state index in [0.29, 0.717) is 5.89 Å². The number of nitrogens with zero attached hydrogens (tertiary/aromatic N) is 2. The molecule has 0 aliphatic heterocycles. The molecule has 0 radical (unpaired) electrons. The quantitative estimate of drug-likeness (QED) is 0.314. The number of hydrogen-bond acceptors (Lipinski definition) is 2. The average molecular weight is 388 g/mol. The lowest BCUT2D eigenvalue weighted by atomic mass is 10.1. The molecule has 2 heterocycles. The zero-order valence-electron chi connectivity index (χ0n) is 16.9. The van der Waals surface area contributed by atoms with Gasteiger partial charge in [0.1, 0.15) is 5.52 Å². The summed E-state index contributed by atoms with van der Waals surface area (Å²) in [4.78, 5) is 4.68. The van der Waals surface area contributed by atoms with Crippen LogP contribution in [0.3, 0.4) is 0 Å². The van der Waals surface area contributed by atoms with Gasteiger partial charge in [0.25, 0.3) is 0 Å². The fraction of sp³-hybridized carbons (Fsp3) is 0.0741. The van der Waals surface area contributed by atoms with Gasteiger partial charge in [0.2, 0.25) is 5.89 Å². The Balaban J connectivity index is 1.64. The van der Waals surface area contributed by atoms with E-state index in [1.165, 1.54) is 38.6 Å². The molecule has 0 saturated heterocycles. The predicted molar refractivity (Wildman–Crippen MR) is 123 cm³/mol. The second kappa shape index (κ2) is 6.33. The van der Waals surface area contributed by atoms with E-state index in [-0.39, 0.29) is 0 Å². The van der Waals surface area contributed by atoms with Crippen molar-refractivity contribution in [3.05, 3.63) is 96.1 Å². The Bertz CT molecular complexity index is 1520. The van der Waals surface area contributed by atoms with Crippen molar-refractivity contribution in [2.24, 2.45) is 0 Å². The lowest BCUT2D eigenvalue weighted by Gasteiger charge is -2.10. The van der Waals surface area contributed by atoms with Crippen LogP contribution in [0.5, 0.6) is 0 Å². The smallest absolute Gasteiger partial charge is 0.227 e. The minimum atomic E-state index is 0.654. The van der Waals surface area contributed by atoms with E-state index < -0.39 is 0 Å². The SMILES string of the molecule is Cc1cc(C)cc(-n2c3ccccc3c3cc(-c4nc5ccccc5o4)ccc32)c1. The maximum atomic E-state index is 6.02. The van der Waals surface area contributed by atoms with Crippen LogP contribution in [0.15, 0.2) is 89.3 Å². The van der Waals surface area contributed by atoms with Crippen LogP contribution in [0.25, 0.3) is 50.0 Å². The lowest BCUT2D eigenvalue weighted by molar-refractivity contribution is 0.620. The first-order valence-corrected chi connectivity index (χ1v) is 10.2. The number of aromatic nitrogens is 2. The molecule has 0 fully saturated rings. The third-order valence-electron chi connectivity index (χ3n) is 5.68. The molecule has 144 valence electrons. The summed E-state index contributed by atoms with van der Waals surface area (Å²) in [6.45, 7) is 4.30. The zero-order valence-corrected chi connectivity index (χ0v) is 16.9. The van der Waals surface area contributed by atoms with Crippen LogP contribution in [0.1, 0.15) is 11.1 Å². The molecule has 0 atom stereocenters. The highest BCUT2D eigenvalue weighted by atomic mass is 16.3. The van der Waals surface area contributed by atoms with Crippen molar-refractivity contribution < 1.29 is 4.42 Å². The molecule has 0 N–H and O–H groups in total. The van der Waals surface area contributed by atoms with Gasteiger partial charge in [-0.05, 0) is 73.5 Å². The number of hydrogen-bond donors (Lipinski definition) is 0. The summed E-state index contributed by atoms with van der Waals surface area (Å²) >= 11 is 0. The first-order valence-electron chi connectivity index (χ1n) is 10.2. The topological polar surface area (TPSA) is 31.0 Å². The van der Waals surface area contributed by atoms with Gasteiger partial charge >= 0.3 is 0 Å². The third kappa shape index (κ3) is 2.56. The number of aryl methyl sites for hydroxylation is 2. The molecule has 0 saturated carbocycles. The van der Waals surface area contributed by atoms with Crippen molar-refractivity contribution in [2.45, 2.75) is 13.8 Å². The van der Waals surface area contributed by atoms with Crippen LogP contribution in [0.4, 0.5) is 0 Å². The summed E-state index contributed by atoms with van der Waals surface area (Å²) < 4.78 is 8.37. The molecule has 0 aliphatic carbocycles. The van der Waals surface area contributed by atoms with E-state index in [1.54, 1.807) is 0 Å². The molecule has 3 nitrogen and oxygen atoms in total. The highest BCUT2D eigenvalue weighted by Crippen LogP contribution is 2.35. The van der Waals surface area contributed by atoms with Gasteiger partial charge in [-0.2, -0.15) is 0 Å². The van der Waals surface area contributed by atoms with Gasteiger partial charge in [-0.15, -0.1) is 0 Å². The molecule has 6 rings (SSSR count). The Kier molecular flexibility index (Phi) is 3.59. The van der Waals surface area contributed by atoms with Gasteiger partial charge in [-0.1, -0.05) is 36.4 Å². The van der Waals surface area contributed by atoms with Gasteiger partial charge in [0.05, 0.1) is 11.0 Å². The van der Waals surface area contributed by atoms with Crippen molar-refractivity contribution in [1.82, 2.24) is 9.55 Å². The number of rotatable bonds is 2. The van der Waals surface area contributed by atoms with Crippen LogP contribution in [0, 0.1) is 13.8 Å². The van der Waals surface area contributed by atoms with E-state index in [0.717, 1.165) is 16.7 Å². The lowest BCUT2D eigenvalue weighted by Crippen LogP contribution is -1.95. The first-order chi connectivity index (χ1) is 14.7. The normalized spacial score (nSPS) is 11.7. The van der Waals surface area contributed by atoms with E-state index in [4.69, 9.17) is 4.42 Å². The van der Waals surface area contributed by atoms with Gasteiger partial charge in [-0.25, -0.2) is 4.98 Å². The summed E-state index contributed by atoms with van der Waals surface area (Å²) in [5.41, 5.74) is 8.78. The van der Waals surface area contributed by atoms with Gasteiger partial charge in [-0.3, -0.25) is 0 Å². The zero-order chi connectivity index (χ0) is 20.2. The van der Waals surface area contributed by atoms with Gasteiger partial charge in [0, 0.05) is 22.0 Å². The molecule has 2 aromatic heterocycles. The Morgan fingerprint density at radius 2 is 1.43 bits per heavy atom. The Hall–Kier alpha value is -3.85. The minimum absolute atomic E-state index is 0.654. The highest BCUT2D eigenvalue weighted by Gasteiger charge is 2.15.